The van der Waals surface area contributed by atoms with Crippen LogP contribution in [0.1, 0.15) is 123 Å². The van der Waals surface area contributed by atoms with Crippen LogP contribution >= 0.6 is 0 Å². The van der Waals surface area contributed by atoms with E-state index in [9.17, 15) is 9.59 Å². The Bertz CT molecular complexity index is 2350. The van der Waals surface area contributed by atoms with Crippen LogP contribution in [-0.2, 0) is 25.7 Å². The summed E-state index contributed by atoms with van der Waals surface area (Å²) in [5.41, 5.74) is 13.2. The summed E-state index contributed by atoms with van der Waals surface area (Å²) in [5.74, 6) is 0.203. The van der Waals surface area contributed by atoms with Crippen molar-refractivity contribution in [2.75, 3.05) is 13.1 Å². The second-order valence-corrected chi connectivity index (χ2v) is 23.3. The van der Waals surface area contributed by atoms with Gasteiger partial charge in [-0.15, -0.1) is 0 Å². The zero-order valence-electron chi connectivity index (χ0n) is 36.0. The summed E-state index contributed by atoms with van der Waals surface area (Å²) in [4.78, 5) is 29.6. The molecule has 0 saturated heterocycles. The van der Waals surface area contributed by atoms with Crippen molar-refractivity contribution < 1.29 is 9.59 Å². The number of nitrogens with zero attached hydrogens (tertiary/aromatic N) is 1. The van der Waals surface area contributed by atoms with Crippen LogP contribution in [0.5, 0.6) is 0 Å². The fourth-order valence-electron chi connectivity index (χ4n) is 10.9. The second kappa shape index (κ2) is 17.7. The summed E-state index contributed by atoms with van der Waals surface area (Å²) in [7, 11) is -1.93. The molecular weight excluding hydrogens is 729 g/mol. The first kappa shape index (κ1) is 41.6. The van der Waals surface area contributed by atoms with Gasteiger partial charge < -0.3 is 19.9 Å². The maximum absolute atomic E-state index is 13.3. The summed E-state index contributed by atoms with van der Waals surface area (Å²) in [5, 5.41) is 9.77. The number of hydrogen-bond donors (Lipinski definition) is 3. The monoisotopic (exact) mass is 792 g/mol. The van der Waals surface area contributed by atoms with E-state index in [-0.39, 0.29) is 11.6 Å². The lowest BCUT2D eigenvalue weighted by atomic mass is 9.90. The zero-order valence-corrected chi connectivity index (χ0v) is 37.0. The Morgan fingerprint density at radius 2 is 1.14 bits per heavy atom. The highest BCUT2D eigenvalue weighted by Gasteiger charge is 2.48. The number of nitrogens with one attached hydrogen (secondary N) is 3. The van der Waals surface area contributed by atoms with Gasteiger partial charge in [-0.2, -0.15) is 0 Å². The molecule has 58 heavy (non-hydrogen) atoms. The minimum atomic E-state index is -1.93. The Balaban J connectivity index is 0.000000187. The number of hydrogen-bond acceptors (Lipinski definition) is 4. The first-order chi connectivity index (χ1) is 28.0. The minimum absolute atomic E-state index is 0.0893. The molecule has 7 heteroatoms. The predicted molar refractivity (Wildman–Crippen MR) is 245 cm³/mol. The zero-order chi connectivity index (χ0) is 41.1. The van der Waals surface area contributed by atoms with Crippen LogP contribution in [0.15, 0.2) is 97.1 Å². The number of fused-ring (bicyclic) bond motifs is 6. The fourth-order valence-corrected chi connectivity index (χ4v) is 17.8. The van der Waals surface area contributed by atoms with Gasteiger partial charge in [0.15, 0.2) is 19.8 Å². The number of carbonyl (C=O) groups excluding carboxylic acids is 2. The van der Waals surface area contributed by atoms with Crippen LogP contribution in [0.3, 0.4) is 0 Å². The summed E-state index contributed by atoms with van der Waals surface area (Å²) < 4.78 is 2.86. The number of aryl methyl sites for hydroxylation is 1. The van der Waals surface area contributed by atoms with Gasteiger partial charge in [0.2, 0.25) is 0 Å². The third kappa shape index (κ3) is 7.81. The Morgan fingerprint density at radius 1 is 0.638 bits per heavy atom. The fraction of sp³-hybridized carbons (Fsp3) is 0.412. The van der Waals surface area contributed by atoms with Crippen LogP contribution in [-0.4, -0.2) is 54.2 Å². The number of carbonyl (C=O) groups is 2. The van der Waals surface area contributed by atoms with Gasteiger partial charge in [-0.25, -0.2) is 0 Å². The van der Waals surface area contributed by atoms with Crippen molar-refractivity contribution in [2.24, 2.45) is 0 Å². The smallest absolute Gasteiger partial charge is 0.193 e. The lowest BCUT2D eigenvalue weighted by molar-refractivity contribution is 0.103. The molecule has 2 unspecified atom stereocenters. The molecule has 0 bridgehead atoms. The highest BCUT2D eigenvalue weighted by atomic mass is 28.3. The highest BCUT2D eigenvalue weighted by molar-refractivity contribution is 6.82. The van der Waals surface area contributed by atoms with Gasteiger partial charge in [-0.3, -0.25) is 9.59 Å². The molecule has 0 fully saturated rings. The molecule has 0 saturated carbocycles. The van der Waals surface area contributed by atoms with E-state index in [2.05, 4.69) is 99.5 Å². The number of H-pyrrole nitrogens is 1. The second-order valence-electron chi connectivity index (χ2n) is 17.6. The van der Waals surface area contributed by atoms with Crippen molar-refractivity contribution in [3.63, 3.8) is 0 Å². The Labute approximate surface area is 347 Å². The van der Waals surface area contributed by atoms with Gasteiger partial charge >= 0.3 is 0 Å². The van der Waals surface area contributed by atoms with E-state index in [0.29, 0.717) is 28.7 Å². The van der Waals surface area contributed by atoms with Crippen molar-refractivity contribution in [3.05, 3.63) is 142 Å². The number of benzene rings is 4. The molecule has 2 aliphatic carbocycles. The normalized spacial score (nSPS) is 16.7. The van der Waals surface area contributed by atoms with Crippen LogP contribution in [0.25, 0.3) is 21.8 Å². The van der Waals surface area contributed by atoms with Gasteiger partial charge in [-0.1, -0.05) is 116 Å². The largest absolute Gasteiger partial charge is 0.370 e. The molecule has 2 aliphatic rings. The standard InChI is InChI=1S/C30H42N2OSi.C21H22N2O/c1-8-31-25-15-17-29-27(19-25)26-18-24(30(33)23-12-10-9-11-13-23)14-16-28(26)32(29)34(20(2)3,21(4)5)22(6)7;1-2-22-16-9-11-20-18(13-16)17-12-15(8-10-19(17)23-20)21(24)14-6-4-3-5-7-14/h9-14,16,18,20-22,25,31H,8,15,17,19H2,1-7H3;3-8,10,12,16,22-23H,2,9,11,13H2,1H3. The van der Waals surface area contributed by atoms with E-state index >= 15 is 0 Å². The van der Waals surface area contributed by atoms with Gasteiger partial charge in [0.05, 0.1) is 0 Å². The quantitative estimate of drug-likeness (QED) is 0.0852. The average molecular weight is 793 g/mol. The lowest BCUT2D eigenvalue weighted by Crippen LogP contribution is -2.53. The summed E-state index contributed by atoms with van der Waals surface area (Å²) in [6.45, 7) is 21.0. The summed E-state index contributed by atoms with van der Waals surface area (Å²) >= 11 is 0. The topological polar surface area (TPSA) is 78.9 Å². The molecule has 6 nitrogen and oxygen atoms in total. The van der Waals surface area contributed by atoms with E-state index in [1.165, 1.54) is 46.0 Å². The molecule has 6 aromatic rings. The maximum Gasteiger partial charge on any atom is 0.193 e. The van der Waals surface area contributed by atoms with Crippen LogP contribution < -0.4 is 10.6 Å². The molecule has 2 atom stereocenters. The third-order valence-corrected chi connectivity index (χ3v) is 20.1. The van der Waals surface area contributed by atoms with Gasteiger partial charge in [0, 0.05) is 67.5 Å². The molecule has 0 aliphatic heterocycles. The summed E-state index contributed by atoms with van der Waals surface area (Å²) in [6, 6.07) is 32.8. The maximum atomic E-state index is 13.3. The molecule has 4 aromatic carbocycles. The number of ketones is 2. The molecule has 0 amide bonds. The minimum Gasteiger partial charge on any atom is -0.370 e. The van der Waals surface area contributed by atoms with Gasteiger partial charge in [-0.05, 0) is 116 Å². The molecule has 2 heterocycles. The van der Waals surface area contributed by atoms with Crippen molar-refractivity contribution in [1.29, 1.82) is 0 Å². The number of aromatic amines is 1. The van der Waals surface area contributed by atoms with Crippen LogP contribution in [0, 0.1) is 0 Å². The van der Waals surface area contributed by atoms with E-state index in [4.69, 9.17) is 0 Å². The van der Waals surface area contributed by atoms with Crippen molar-refractivity contribution in [1.82, 2.24) is 19.9 Å². The molecule has 3 N–H and O–H groups in total. The van der Waals surface area contributed by atoms with Crippen molar-refractivity contribution in [2.45, 2.75) is 123 Å². The van der Waals surface area contributed by atoms with E-state index in [1.54, 1.807) is 5.69 Å². The molecule has 0 radical (unpaired) electrons. The molecule has 0 spiro atoms. The Morgan fingerprint density at radius 3 is 1.67 bits per heavy atom. The van der Waals surface area contributed by atoms with Crippen molar-refractivity contribution in [3.8, 4) is 0 Å². The Kier molecular flexibility index (Phi) is 12.7. The molecule has 2 aromatic heterocycles. The molecular formula is C51H64N4O2Si. The molecule has 8 rings (SSSR count). The number of rotatable bonds is 12. The summed E-state index contributed by atoms with van der Waals surface area (Å²) in [6.07, 6.45) is 6.63. The highest BCUT2D eigenvalue weighted by Crippen LogP contribution is 2.47. The van der Waals surface area contributed by atoms with E-state index in [0.717, 1.165) is 66.5 Å². The first-order valence-corrected chi connectivity index (χ1v) is 24.1. The van der Waals surface area contributed by atoms with Crippen LogP contribution in [0.2, 0.25) is 16.6 Å². The third-order valence-electron chi connectivity index (χ3n) is 13.3. The van der Waals surface area contributed by atoms with E-state index in [1.807, 2.05) is 72.8 Å². The predicted octanol–water partition coefficient (Wildman–Crippen LogP) is 11.2. The average Bonchev–Trinajstić information content (AvgIpc) is 3.76. The Hall–Kier alpha value is -4.56. The molecule has 304 valence electrons. The van der Waals surface area contributed by atoms with E-state index < -0.39 is 8.24 Å². The van der Waals surface area contributed by atoms with Gasteiger partial charge in [0.25, 0.3) is 0 Å². The first-order valence-electron chi connectivity index (χ1n) is 22.0. The SMILES string of the molecule is CCNC1CCc2[nH]c3ccc(C(=O)c4ccccc4)cc3c2C1.CCNC1CCc2c(c3cc(C(=O)c4ccccc4)ccc3n2[Si](C(C)C)(C(C)C)C(C)C)C1. The van der Waals surface area contributed by atoms with Crippen molar-refractivity contribution >= 4 is 41.6 Å². The number of likely N-dealkylation sites (N-methyl/N-ethyl adjacent to an activating group) is 2. The lowest BCUT2D eigenvalue weighted by Gasteiger charge is -2.46. The number of aromatic nitrogens is 2. The van der Waals surface area contributed by atoms with Gasteiger partial charge in [0.1, 0.15) is 0 Å². The van der Waals surface area contributed by atoms with Crippen LogP contribution in [0.4, 0.5) is 0 Å².